The van der Waals surface area contributed by atoms with Crippen LogP contribution >= 0.6 is 0 Å². The van der Waals surface area contributed by atoms with E-state index in [1.807, 2.05) is 43.3 Å². The van der Waals surface area contributed by atoms with Crippen molar-refractivity contribution in [3.63, 3.8) is 0 Å². The quantitative estimate of drug-likeness (QED) is 0.718. The number of para-hydroxylation sites is 2. The smallest absolute Gasteiger partial charge is 0.328 e. The number of benzene rings is 1. The fourth-order valence-corrected chi connectivity index (χ4v) is 3.03. The predicted octanol–water partition coefficient (Wildman–Crippen LogP) is 2.46. The van der Waals surface area contributed by atoms with Crippen LogP contribution in [0.4, 0.5) is 0 Å². The fraction of sp³-hybridized carbons (Fsp3) is 0.368. The molecule has 0 aliphatic rings. The van der Waals surface area contributed by atoms with E-state index in [1.165, 1.54) is 0 Å². The van der Waals surface area contributed by atoms with Crippen molar-refractivity contribution in [1.29, 1.82) is 0 Å². The van der Waals surface area contributed by atoms with Crippen molar-refractivity contribution in [2.45, 2.75) is 38.8 Å². The molecule has 0 bridgehead atoms. The van der Waals surface area contributed by atoms with E-state index in [4.69, 9.17) is 4.42 Å². The molecule has 3 aromatic rings. The summed E-state index contributed by atoms with van der Waals surface area (Å²) in [6.07, 6.45) is 3.53. The predicted molar refractivity (Wildman–Crippen MR) is 96.4 cm³/mol. The zero-order chi connectivity index (χ0) is 17.8. The second-order valence-corrected chi connectivity index (χ2v) is 6.32. The highest BCUT2D eigenvalue weighted by atomic mass is 16.3. The molecule has 0 saturated carbocycles. The van der Waals surface area contributed by atoms with Gasteiger partial charge in [-0.05, 0) is 37.6 Å². The summed E-state index contributed by atoms with van der Waals surface area (Å²) in [6, 6.07) is 11.5. The van der Waals surface area contributed by atoms with Crippen LogP contribution in [0.5, 0.6) is 0 Å². The van der Waals surface area contributed by atoms with Crippen LogP contribution in [0.2, 0.25) is 0 Å². The first-order chi connectivity index (χ1) is 12.1. The number of aromatic nitrogens is 2. The van der Waals surface area contributed by atoms with Crippen molar-refractivity contribution in [3.05, 3.63) is 58.9 Å². The highest BCUT2D eigenvalue weighted by molar-refractivity contribution is 5.78. The summed E-state index contributed by atoms with van der Waals surface area (Å²) in [5, 5.41) is 2.98. The summed E-state index contributed by atoms with van der Waals surface area (Å²) in [5.41, 5.74) is 1.63. The van der Waals surface area contributed by atoms with Gasteiger partial charge in [-0.25, -0.2) is 4.79 Å². The Hall–Kier alpha value is -2.76. The molecule has 132 valence electrons. The molecule has 1 atom stereocenters. The third-order valence-corrected chi connectivity index (χ3v) is 4.43. The van der Waals surface area contributed by atoms with Crippen LogP contribution in [-0.2, 0) is 24.8 Å². The number of carbonyl (C=O) groups excluding carboxylic acids is 1. The lowest BCUT2D eigenvalue weighted by atomic mass is 10.1. The monoisotopic (exact) mass is 341 g/mol. The highest BCUT2D eigenvalue weighted by Gasteiger charge is 2.13. The van der Waals surface area contributed by atoms with Gasteiger partial charge in [-0.3, -0.25) is 13.9 Å². The van der Waals surface area contributed by atoms with E-state index in [9.17, 15) is 9.59 Å². The Morgan fingerprint density at radius 2 is 1.96 bits per heavy atom. The van der Waals surface area contributed by atoms with Gasteiger partial charge in [0.05, 0.1) is 17.3 Å². The second kappa shape index (κ2) is 7.42. The Bertz CT molecular complexity index is 906. The van der Waals surface area contributed by atoms with Crippen molar-refractivity contribution in [2.24, 2.45) is 7.05 Å². The van der Waals surface area contributed by atoms with Gasteiger partial charge in [-0.2, -0.15) is 0 Å². The average Bonchev–Trinajstić information content (AvgIpc) is 3.20. The maximum atomic E-state index is 12.3. The van der Waals surface area contributed by atoms with Gasteiger partial charge in [-0.15, -0.1) is 0 Å². The molecule has 0 radical (unpaired) electrons. The van der Waals surface area contributed by atoms with E-state index >= 15 is 0 Å². The van der Waals surface area contributed by atoms with Crippen LogP contribution in [0.1, 0.15) is 25.5 Å². The fourth-order valence-electron chi connectivity index (χ4n) is 3.03. The van der Waals surface area contributed by atoms with Gasteiger partial charge in [0, 0.05) is 32.5 Å². The number of amides is 1. The van der Waals surface area contributed by atoms with E-state index in [1.54, 1.807) is 22.4 Å². The second-order valence-electron chi connectivity index (χ2n) is 6.32. The zero-order valence-electron chi connectivity index (χ0n) is 14.6. The normalized spacial score (nSPS) is 12.4. The van der Waals surface area contributed by atoms with Gasteiger partial charge < -0.3 is 9.73 Å². The SMILES string of the molecule is C[C@@H](CCc1ccco1)NC(=O)CCn1c(=O)n(C)c2ccccc21. The van der Waals surface area contributed by atoms with Gasteiger partial charge in [0.25, 0.3) is 0 Å². The molecular weight excluding hydrogens is 318 g/mol. The standard InChI is InChI=1S/C19H23N3O3/c1-14(9-10-15-6-5-13-25-15)20-18(23)11-12-22-17-8-4-3-7-16(17)21(2)19(22)24/h3-8,13-14H,9-12H2,1-2H3,(H,20,23)/t14-/m0/s1. The Labute approximate surface area is 146 Å². The number of carbonyl (C=O) groups is 1. The largest absolute Gasteiger partial charge is 0.469 e. The molecule has 0 aliphatic heterocycles. The van der Waals surface area contributed by atoms with Gasteiger partial charge >= 0.3 is 5.69 Å². The molecule has 2 heterocycles. The Kier molecular flexibility index (Phi) is 5.07. The number of hydrogen-bond acceptors (Lipinski definition) is 3. The van der Waals surface area contributed by atoms with E-state index in [0.29, 0.717) is 6.54 Å². The average molecular weight is 341 g/mol. The third-order valence-electron chi connectivity index (χ3n) is 4.43. The van der Waals surface area contributed by atoms with E-state index in [-0.39, 0.29) is 24.1 Å². The zero-order valence-corrected chi connectivity index (χ0v) is 14.6. The Morgan fingerprint density at radius 1 is 1.20 bits per heavy atom. The lowest BCUT2D eigenvalue weighted by molar-refractivity contribution is -0.121. The summed E-state index contributed by atoms with van der Waals surface area (Å²) in [4.78, 5) is 24.5. The maximum Gasteiger partial charge on any atom is 0.328 e. The topological polar surface area (TPSA) is 69.2 Å². The minimum Gasteiger partial charge on any atom is -0.469 e. The van der Waals surface area contributed by atoms with Crippen molar-refractivity contribution < 1.29 is 9.21 Å². The number of imidazole rings is 1. The minimum absolute atomic E-state index is 0.0493. The molecule has 0 saturated heterocycles. The molecule has 3 rings (SSSR count). The van der Waals surface area contributed by atoms with Crippen molar-refractivity contribution in [3.8, 4) is 0 Å². The number of hydrogen-bond donors (Lipinski definition) is 1. The first-order valence-electron chi connectivity index (χ1n) is 8.52. The molecule has 0 aliphatic carbocycles. The number of nitrogens with zero attached hydrogens (tertiary/aromatic N) is 2. The highest BCUT2D eigenvalue weighted by Crippen LogP contribution is 2.12. The van der Waals surface area contributed by atoms with E-state index in [0.717, 1.165) is 29.6 Å². The van der Waals surface area contributed by atoms with Crippen LogP contribution in [0.15, 0.2) is 51.9 Å². The van der Waals surface area contributed by atoms with Crippen molar-refractivity contribution >= 4 is 16.9 Å². The van der Waals surface area contributed by atoms with Crippen LogP contribution in [-0.4, -0.2) is 21.1 Å². The van der Waals surface area contributed by atoms with Crippen LogP contribution in [0.25, 0.3) is 11.0 Å². The first kappa shape index (κ1) is 17.1. The van der Waals surface area contributed by atoms with Crippen LogP contribution in [0, 0.1) is 0 Å². The number of rotatable bonds is 7. The first-order valence-corrected chi connectivity index (χ1v) is 8.52. The van der Waals surface area contributed by atoms with Crippen molar-refractivity contribution in [1.82, 2.24) is 14.5 Å². The van der Waals surface area contributed by atoms with Crippen LogP contribution in [0.3, 0.4) is 0 Å². The molecule has 2 aromatic heterocycles. The maximum absolute atomic E-state index is 12.3. The van der Waals surface area contributed by atoms with Gasteiger partial charge in [0.1, 0.15) is 5.76 Å². The molecule has 1 aromatic carbocycles. The molecule has 0 fully saturated rings. The minimum atomic E-state index is -0.0973. The molecule has 6 nitrogen and oxygen atoms in total. The molecular formula is C19H23N3O3. The summed E-state index contributed by atoms with van der Waals surface area (Å²) >= 11 is 0. The summed E-state index contributed by atoms with van der Waals surface area (Å²) < 4.78 is 8.56. The third kappa shape index (κ3) is 3.84. The van der Waals surface area contributed by atoms with Gasteiger partial charge in [-0.1, -0.05) is 12.1 Å². The molecule has 0 spiro atoms. The Morgan fingerprint density at radius 3 is 2.68 bits per heavy atom. The number of aryl methyl sites for hydroxylation is 3. The lowest BCUT2D eigenvalue weighted by Crippen LogP contribution is -2.34. The van der Waals surface area contributed by atoms with E-state index in [2.05, 4.69) is 5.32 Å². The van der Waals surface area contributed by atoms with E-state index < -0.39 is 0 Å². The molecule has 0 unspecified atom stereocenters. The van der Waals surface area contributed by atoms with Gasteiger partial charge in [0.15, 0.2) is 0 Å². The number of fused-ring (bicyclic) bond motifs is 1. The lowest BCUT2D eigenvalue weighted by Gasteiger charge is -2.13. The summed E-state index contributed by atoms with van der Waals surface area (Å²) in [5.74, 6) is 0.871. The van der Waals surface area contributed by atoms with Gasteiger partial charge in [0.2, 0.25) is 5.91 Å². The summed E-state index contributed by atoms with van der Waals surface area (Å²) in [7, 11) is 1.75. The van der Waals surface area contributed by atoms with Crippen molar-refractivity contribution in [2.75, 3.05) is 0 Å². The number of nitrogens with one attached hydrogen (secondary N) is 1. The molecule has 6 heteroatoms. The molecule has 1 N–H and O–H groups in total. The number of furan rings is 1. The molecule has 1 amide bonds. The van der Waals surface area contributed by atoms with Crippen LogP contribution < -0.4 is 11.0 Å². The molecule has 25 heavy (non-hydrogen) atoms. The summed E-state index contributed by atoms with van der Waals surface area (Å²) in [6.45, 7) is 2.35. The Balaban J connectivity index is 1.56.